The van der Waals surface area contributed by atoms with Crippen molar-refractivity contribution in [3.63, 3.8) is 0 Å². The number of aromatic amines is 1. The molecule has 6 nitrogen and oxygen atoms in total. The van der Waals surface area contributed by atoms with Gasteiger partial charge in [-0.05, 0) is 17.7 Å². The Bertz CT molecular complexity index is 822. The minimum absolute atomic E-state index is 0.163. The highest BCUT2D eigenvalue weighted by molar-refractivity contribution is 5.92. The summed E-state index contributed by atoms with van der Waals surface area (Å²) in [4.78, 5) is 26.9. The van der Waals surface area contributed by atoms with Crippen LogP contribution in [0.5, 0.6) is 0 Å². The van der Waals surface area contributed by atoms with E-state index in [0.717, 1.165) is 12.1 Å². The molecule has 0 aliphatic carbocycles. The Labute approximate surface area is 147 Å². The molecule has 2 aromatic rings. The maximum absolute atomic E-state index is 12.8. The van der Waals surface area contributed by atoms with Crippen molar-refractivity contribution in [2.24, 2.45) is 0 Å². The van der Waals surface area contributed by atoms with Crippen molar-refractivity contribution >= 4 is 5.91 Å². The first-order valence-corrected chi connectivity index (χ1v) is 8.06. The van der Waals surface area contributed by atoms with Crippen LogP contribution in [0, 0.1) is 0 Å². The van der Waals surface area contributed by atoms with Gasteiger partial charge in [0, 0.05) is 38.8 Å². The van der Waals surface area contributed by atoms with Crippen LogP contribution in [-0.2, 0) is 12.7 Å². The fourth-order valence-corrected chi connectivity index (χ4v) is 2.84. The molecule has 1 aromatic carbocycles. The molecule has 1 N–H and O–H groups in total. The molecule has 1 saturated heterocycles. The Morgan fingerprint density at radius 1 is 1.12 bits per heavy atom. The molecule has 1 amide bonds. The van der Waals surface area contributed by atoms with Gasteiger partial charge in [0.05, 0.1) is 5.56 Å². The second-order valence-corrected chi connectivity index (χ2v) is 6.07. The summed E-state index contributed by atoms with van der Waals surface area (Å²) in [5.74, 6) is -0.278. The lowest BCUT2D eigenvalue weighted by molar-refractivity contribution is -0.137. The third-order valence-electron chi connectivity index (χ3n) is 4.22. The van der Waals surface area contributed by atoms with Gasteiger partial charge in [0.2, 0.25) is 0 Å². The molecule has 138 valence electrons. The molecule has 0 radical (unpaired) electrons. The SMILES string of the molecule is O=C(c1ccc(=O)[nH]n1)N1CCN(Cc2cccc(C(F)(F)F)c2)CC1. The van der Waals surface area contributed by atoms with E-state index in [9.17, 15) is 22.8 Å². The van der Waals surface area contributed by atoms with Crippen molar-refractivity contribution in [2.75, 3.05) is 26.2 Å². The molecule has 1 aromatic heterocycles. The molecule has 0 atom stereocenters. The van der Waals surface area contributed by atoms with Gasteiger partial charge in [0.1, 0.15) is 5.69 Å². The molecule has 0 unspecified atom stereocenters. The second-order valence-electron chi connectivity index (χ2n) is 6.07. The summed E-state index contributed by atoms with van der Waals surface area (Å²) in [5.41, 5.74) is -0.293. The molecule has 0 saturated carbocycles. The average Bonchev–Trinajstić information content (AvgIpc) is 2.62. The van der Waals surface area contributed by atoms with Gasteiger partial charge in [0.25, 0.3) is 11.5 Å². The molecule has 1 fully saturated rings. The summed E-state index contributed by atoms with van der Waals surface area (Å²) in [6.07, 6.45) is -4.36. The topological polar surface area (TPSA) is 69.3 Å². The van der Waals surface area contributed by atoms with Crippen LogP contribution in [0.4, 0.5) is 13.2 Å². The van der Waals surface area contributed by atoms with Gasteiger partial charge in [-0.25, -0.2) is 5.10 Å². The van der Waals surface area contributed by atoms with Crippen molar-refractivity contribution in [1.82, 2.24) is 20.0 Å². The minimum Gasteiger partial charge on any atom is -0.335 e. The molecule has 0 bridgehead atoms. The van der Waals surface area contributed by atoms with Gasteiger partial charge in [-0.3, -0.25) is 14.5 Å². The van der Waals surface area contributed by atoms with Crippen molar-refractivity contribution < 1.29 is 18.0 Å². The molecular weight excluding hydrogens is 349 g/mol. The zero-order valence-electron chi connectivity index (χ0n) is 13.8. The number of hydrogen-bond donors (Lipinski definition) is 1. The monoisotopic (exact) mass is 366 g/mol. The minimum atomic E-state index is -4.36. The lowest BCUT2D eigenvalue weighted by Crippen LogP contribution is -2.48. The lowest BCUT2D eigenvalue weighted by Gasteiger charge is -2.34. The van der Waals surface area contributed by atoms with Crippen LogP contribution in [0.3, 0.4) is 0 Å². The largest absolute Gasteiger partial charge is 0.416 e. The van der Waals surface area contributed by atoms with Crippen LogP contribution in [0.25, 0.3) is 0 Å². The van der Waals surface area contributed by atoms with E-state index in [2.05, 4.69) is 10.2 Å². The Kier molecular flexibility index (Phi) is 5.08. The first-order valence-electron chi connectivity index (χ1n) is 8.06. The van der Waals surface area contributed by atoms with E-state index in [-0.39, 0.29) is 17.2 Å². The summed E-state index contributed by atoms with van der Waals surface area (Å²) < 4.78 is 38.4. The maximum atomic E-state index is 12.8. The number of carbonyl (C=O) groups is 1. The number of hydrogen-bond acceptors (Lipinski definition) is 4. The van der Waals surface area contributed by atoms with E-state index < -0.39 is 11.7 Å². The number of rotatable bonds is 3. The summed E-state index contributed by atoms with van der Waals surface area (Å²) in [5, 5.41) is 5.95. The zero-order valence-corrected chi connectivity index (χ0v) is 13.8. The predicted molar refractivity (Wildman–Crippen MR) is 87.5 cm³/mol. The van der Waals surface area contributed by atoms with Crippen LogP contribution in [0.1, 0.15) is 21.6 Å². The summed E-state index contributed by atoms with van der Waals surface area (Å²) in [6, 6.07) is 7.89. The third-order valence-corrected chi connectivity index (χ3v) is 4.22. The van der Waals surface area contributed by atoms with E-state index in [1.165, 1.54) is 18.2 Å². The van der Waals surface area contributed by atoms with Gasteiger partial charge in [-0.1, -0.05) is 18.2 Å². The zero-order chi connectivity index (χ0) is 18.7. The average molecular weight is 366 g/mol. The number of amides is 1. The molecule has 26 heavy (non-hydrogen) atoms. The third kappa shape index (κ3) is 4.29. The number of nitrogens with zero attached hydrogens (tertiary/aromatic N) is 3. The fraction of sp³-hybridized carbons (Fsp3) is 0.353. The number of nitrogens with one attached hydrogen (secondary N) is 1. The second kappa shape index (κ2) is 7.28. The Balaban J connectivity index is 1.58. The number of alkyl halides is 3. The van der Waals surface area contributed by atoms with Gasteiger partial charge >= 0.3 is 6.18 Å². The van der Waals surface area contributed by atoms with E-state index in [1.807, 2.05) is 4.90 Å². The Morgan fingerprint density at radius 3 is 2.46 bits per heavy atom. The van der Waals surface area contributed by atoms with E-state index in [0.29, 0.717) is 38.3 Å². The highest BCUT2D eigenvalue weighted by Crippen LogP contribution is 2.29. The van der Waals surface area contributed by atoms with Gasteiger partial charge in [-0.15, -0.1) is 0 Å². The van der Waals surface area contributed by atoms with Crippen molar-refractivity contribution in [3.8, 4) is 0 Å². The fourth-order valence-electron chi connectivity index (χ4n) is 2.84. The standard InChI is InChI=1S/C17H17F3N4O2/c18-17(19,20)13-3-1-2-12(10-13)11-23-6-8-24(9-7-23)16(26)14-4-5-15(25)22-21-14/h1-5,10H,6-9,11H2,(H,22,25). The molecule has 1 aliphatic heterocycles. The van der Waals surface area contributed by atoms with Gasteiger partial charge in [0.15, 0.2) is 0 Å². The Morgan fingerprint density at radius 2 is 1.85 bits per heavy atom. The number of halogens is 3. The lowest BCUT2D eigenvalue weighted by atomic mass is 10.1. The molecule has 3 rings (SSSR count). The number of aromatic nitrogens is 2. The number of H-pyrrole nitrogens is 1. The van der Waals surface area contributed by atoms with Crippen LogP contribution < -0.4 is 5.56 Å². The smallest absolute Gasteiger partial charge is 0.335 e. The molecule has 1 aliphatic rings. The molecule has 0 spiro atoms. The van der Waals surface area contributed by atoms with Crippen molar-refractivity contribution in [3.05, 3.63) is 63.6 Å². The van der Waals surface area contributed by atoms with Crippen LogP contribution in [-0.4, -0.2) is 52.1 Å². The van der Waals surface area contributed by atoms with Gasteiger partial charge in [-0.2, -0.15) is 18.3 Å². The number of carbonyl (C=O) groups excluding carboxylic acids is 1. The highest BCUT2D eigenvalue weighted by Gasteiger charge is 2.30. The maximum Gasteiger partial charge on any atom is 0.416 e. The van der Waals surface area contributed by atoms with E-state index in [1.54, 1.807) is 11.0 Å². The quantitative estimate of drug-likeness (QED) is 0.899. The molecular formula is C17H17F3N4O2. The van der Waals surface area contributed by atoms with Gasteiger partial charge < -0.3 is 4.90 Å². The van der Waals surface area contributed by atoms with Crippen molar-refractivity contribution in [2.45, 2.75) is 12.7 Å². The highest BCUT2D eigenvalue weighted by atomic mass is 19.4. The number of benzene rings is 1. The normalized spacial score (nSPS) is 15.9. The van der Waals surface area contributed by atoms with Crippen LogP contribution in [0.2, 0.25) is 0 Å². The summed E-state index contributed by atoms with van der Waals surface area (Å²) in [6.45, 7) is 2.37. The van der Waals surface area contributed by atoms with E-state index >= 15 is 0 Å². The Hall–Kier alpha value is -2.68. The molecule has 9 heteroatoms. The summed E-state index contributed by atoms with van der Waals surface area (Å²) >= 11 is 0. The predicted octanol–water partition coefficient (Wildman–Crippen LogP) is 1.75. The molecule has 2 heterocycles. The first kappa shape index (κ1) is 18.1. The number of piperazine rings is 1. The van der Waals surface area contributed by atoms with Crippen LogP contribution >= 0.6 is 0 Å². The summed E-state index contributed by atoms with van der Waals surface area (Å²) in [7, 11) is 0. The first-order chi connectivity index (χ1) is 12.3. The van der Waals surface area contributed by atoms with Crippen molar-refractivity contribution in [1.29, 1.82) is 0 Å². The van der Waals surface area contributed by atoms with E-state index in [4.69, 9.17) is 0 Å². The van der Waals surface area contributed by atoms with Crippen LogP contribution in [0.15, 0.2) is 41.2 Å².